The summed E-state index contributed by atoms with van der Waals surface area (Å²) < 4.78 is 6.86. The van der Waals surface area contributed by atoms with Crippen LogP contribution in [0.1, 0.15) is 11.5 Å². The Morgan fingerprint density at radius 1 is 1.33 bits per heavy atom. The zero-order valence-corrected chi connectivity index (χ0v) is 10.1. The van der Waals surface area contributed by atoms with Crippen molar-refractivity contribution in [2.75, 3.05) is 0 Å². The SMILES string of the molecule is ClC1=CC2Oc3c(Br)cccc3C2C=C1. The van der Waals surface area contributed by atoms with Crippen LogP contribution in [-0.4, -0.2) is 6.10 Å². The molecule has 0 fully saturated rings. The van der Waals surface area contributed by atoms with Gasteiger partial charge in [0, 0.05) is 16.5 Å². The quantitative estimate of drug-likeness (QED) is 0.699. The predicted molar refractivity (Wildman–Crippen MR) is 64.4 cm³/mol. The largest absolute Gasteiger partial charge is 0.484 e. The molecular formula is C12H8BrClO. The van der Waals surface area contributed by atoms with E-state index >= 15 is 0 Å². The van der Waals surface area contributed by atoms with Crippen molar-refractivity contribution in [3.63, 3.8) is 0 Å². The molecule has 3 heteroatoms. The molecule has 1 nitrogen and oxygen atoms in total. The molecule has 0 radical (unpaired) electrons. The van der Waals surface area contributed by atoms with Gasteiger partial charge in [-0.3, -0.25) is 0 Å². The predicted octanol–water partition coefficient (Wildman–Crippen LogP) is 3.99. The van der Waals surface area contributed by atoms with E-state index in [1.807, 2.05) is 24.3 Å². The summed E-state index contributed by atoms with van der Waals surface area (Å²) in [5.41, 5.74) is 1.23. The lowest BCUT2D eigenvalue weighted by Gasteiger charge is -2.15. The fourth-order valence-corrected chi connectivity index (χ4v) is 2.73. The van der Waals surface area contributed by atoms with E-state index < -0.39 is 0 Å². The third kappa shape index (κ3) is 1.44. The number of para-hydroxylation sites is 1. The third-order valence-electron chi connectivity index (χ3n) is 2.75. The van der Waals surface area contributed by atoms with E-state index in [4.69, 9.17) is 16.3 Å². The van der Waals surface area contributed by atoms with Gasteiger partial charge in [-0.15, -0.1) is 0 Å². The van der Waals surface area contributed by atoms with Crippen LogP contribution in [0.3, 0.4) is 0 Å². The highest BCUT2D eigenvalue weighted by Gasteiger charge is 2.33. The summed E-state index contributed by atoms with van der Waals surface area (Å²) in [6, 6.07) is 6.12. The summed E-state index contributed by atoms with van der Waals surface area (Å²) >= 11 is 9.44. The monoisotopic (exact) mass is 282 g/mol. The van der Waals surface area contributed by atoms with Crippen LogP contribution in [-0.2, 0) is 0 Å². The van der Waals surface area contributed by atoms with Gasteiger partial charge in [-0.05, 0) is 34.1 Å². The molecule has 2 aliphatic rings. The van der Waals surface area contributed by atoms with Crippen molar-refractivity contribution in [1.29, 1.82) is 0 Å². The van der Waals surface area contributed by atoms with Gasteiger partial charge in [-0.25, -0.2) is 0 Å². The zero-order valence-electron chi connectivity index (χ0n) is 7.78. The molecule has 0 N–H and O–H groups in total. The number of allylic oxidation sites excluding steroid dienone is 2. The molecule has 0 saturated heterocycles. The summed E-state index contributed by atoms with van der Waals surface area (Å²) in [6.45, 7) is 0. The molecule has 2 atom stereocenters. The van der Waals surface area contributed by atoms with Crippen molar-refractivity contribution in [2.45, 2.75) is 12.0 Å². The van der Waals surface area contributed by atoms with Crippen LogP contribution in [0.5, 0.6) is 5.75 Å². The molecule has 1 aliphatic heterocycles. The van der Waals surface area contributed by atoms with Crippen LogP contribution >= 0.6 is 27.5 Å². The number of benzene rings is 1. The third-order valence-corrected chi connectivity index (χ3v) is 3.63. The highest BCUT2D eigenvalue weighted by Crippen LogP contribution is 2.45. The highest BCUT2D eigenvalue weighted by molar-refractivity contribution is 9.10. The number of rotatable bonds is 0. The zero-order chi connectivity index (χ0) is 10.4. The Balaban J connectivity index is 2.11. The maximum absolute atomic E-state index is 5.95. The Labute approximate surface area is 102 Å². The van der Waals surface area contributed by atoms with Crippen molar-refractivity contribution in [3.05, 3.63) is 51.5 Å². The summed E-state index contributed by atoms with van der Waals surface area (Å²) in [4.78, 5) is 0. The van der Waals surface area contributed by atoms with E-state index in [1.165, 1.54) is 5.56 Å². The first kappa shape index (κ1) is 9.49. The standard InChI is InChI=1S/C12H8BrClO/c13-10-3-1-2-9-8-5-4-7(14)6-11(8)15-12(9)10/h1-6,8,11H. The van der Waals surface area contributed by atoms with Crippen LogP contribution < -0.4 is 4.74 Å². The van der Waals surface area contributed by atoms with Crippen LogP contribution in [0.15, 0.2) is 45.9 Å². The molecule has 0 amide bonds. The molecule has 0 spiro atoms. The van der Waals surface area contributed by atoms with Gasteiger partial charge < -0.3 is 4.74 Å². The summed E-state index contributed by atoms with van der Waals surface area (Å²) in [5, 5.41) is 0.750. The Morgan fingerprint density at radius 2 is 2.20 bits per heavy atom. The lowest BCUT2D eigenvalue weighted by molar-refractivity contribution is 0.267. The molecule has 2 unspecified atom stereocenters. The summed E-state index contributed by atoms with van der Waals surface area (Å²) in [7, 11) is 0. The number of ether oxygens (including phenoxy) is 1. The van der Waals surface area contributed by atoms with Gasteiger partial charge in [0.2, 0.25) is 0 Å². The fourth-order valence-electron chi connectivity index (χ4n) is 2.06. The number of hydrogen-bond acceptors (Lipinski definition) is 1. The smallest absolute Gasteiger partial charge is 0.138 e. The van der Waals surface area contributed by atoms with Gasteiger partial charge in [-0.2, -0.15) is 0 Å². The van der Waals surface area contributed by atoms with E-state index in [1.54, 1.807) is 0 Å². The minimum atomic E-state index is 0.0520. The minimum absolute atomic E-state index is 0.0520. The topological polar surface area (TPSA) is 9.23 Å². The first-order valence-electron chi connectivity index (χ1n) is 4.76. The van der Waals surface area contributed by atoms with Crippen LogP contribution in [0, 0.1) is 0 Å². The maximum Gasteiger partial charge on any atom is 0.138 e. The highest BCUT2D eigenvalue weighted by atomic mass is 79.9. The molecule has 0 aromatic heterocycles. The molecule has 76 valence electrons. The molecule has 1 heterocycles. The summed E-state index contributed by atoms with van der Waals surface area (Å²) in [6.07, 6.45) is 6.04. The molecule has 15 heavy (non-hydrogen) atoms. The van der Waals surface area contributed by atoms with Crippen LogP contribution in [0.2, 0.25) is 0 Å². The maximum atomic E-state index is 5.95. The van der Waals surface area contributed by atoms with Gasteiger partial charge in [0.05, 0.1) is 4.47 Å². The molecule has 1 aromatic carbocycles. The van der Waals surface area contributed by atoms with E-state index in [-0.39, 0.29) is 6.10 Å². The Hall–Kier alpha value is -0.730. The van der Waals surface area contributed by atoms with E-state index in [2.05, 4.69) is 28.1 Å². The average Bonchev–Trinajstić information content (AvgIpc) is 2.57. The van der Waals surface area contributed by atoms with Gasteiger partial charge in [0.1, 0.15) is 11.9 Å². The normalized spacial score (nSPS) is 26.7. The lowest BCUT2D eigenvalue weighted by atomic mass is 9.92. The van der Waals surface area contributed by atoms with Crippen molar-refractivity contribution in [2.24, 2.45) is 0 Å². The van der Waals surface area contributed by atoms with Crippen molar-refractivity contribution < 1.29 is 4.74 Å². The fraction of sp³-hybridized carbons (Fsp3) is 0.167. The van der Waals surface area contributed by atoms with E-state index in [0.29, 0.717) is 5.92 Å². The Bertz CT molecular complexity index is 479. The van der Waals surface area contributed by atoms with Crippen molar-refractivity contribution >= 4 is 27.5 Å². The number of hydrogen-bond donors (Lipinski definition) is 0. The summed E-state index contributed by atoms with van der Waals surface area (Å²) in [5.74, 6) is 1.25. The van der Waals surface area contributed by atoms with E-state index in [0.717, 1.165) is 15.3 Å². The average molecular weight is 284 g/mol. The molecule has 3 rings (SSSR count). The second-order valence-electron chi connectivity index (χ2n) is 3.68. The molecule has 1 aliphatic carbocycles. The molecular weight excluding hydrogens is 275 g/mol. The Kier molecular flexibility index (Phi) is 2.15. The number of fused-ring (bicyclic) bond motifs is 3. The number of halogens is 2. The van der Waals surface area contributed by atoms with Crippen LogP contribution in [0.4, 0.5) is 0 Å². The first-order chi connectivity index (χ1) is 7.25. The van der Waals surface area contributed by atoms with Crippen molar-refractivity contribution in [3.8, 4) is 5.75 Å². The van der Waals surface area contributed by atoms with Gasteiger partial charge >= 0.3 is 0 Å². The second-order valence-corrected chi connectivity index (χ2v) is 4.97. The Morgan fingerprint density at radius 3 is 3.07 bits per heavy atom. The molecule has 0 saturated carbocycles. The minimum Gasteiger partial charge on any atom is -0.484 e. The van der Waals surface area contributed by atoms with Gasteiger partial charge in [0.25, 0.3) is 0 Å². The van der Waals surface area contributed by atoms with Crippen molar-refractivity contribution in [1.82, 2.24) is 0 Å². The van der Waals surface area contributed by atoms with Crippen LogP contribution in [0.25, 0.3) is 0 Å². The van der Waals surface area contributed by atoms with E-state index in [9.17, 15) is 0 Å². The second kappa shape index (κ2) is 3.39. The lowest BCUT2D eigenvalue weighted by Crippen LogP contribution is -2.16. The molecule has 1 aromatic rings. The van der Waals surface area contributed by atoms with Gasteiger partial charge in [-0.1, -0.05) is 29.8 Å². The van der Waals surface area contributed by atoms with Gasteiger partial charge in [0.15, 0.2) is 0 Å². The molecule has 0 bridgehead atoms. The first-order valence-corrected chi connectivity index (χ1v) is 5.93.